The number of nitrogens with zero attached hydrogens (tertiary/aromatic N) is 3. The zero-order valence-corrected chi connectivity index (χ0v) is 12.4. The van der Waals surface area contributed by atoms with Crippen molar-refractivity contribution in [3.05, 3.63) is 56.3 Å². The Kier molecular flexibility index (Phi) is 4.43. The molecule has 2 aromatic rings. The van der Waals surface area contributed by atoms with Crippen molar-refractivity contribution in [2.24, 2.45) is 5.10 Å². The van der Waals surface area contributed by atoms with Crippen LogP contribution in [-0.4, -0.2) is 26.7 Å². The Morgan fingerprint density at radius 2 is 2.10 bits per heavy atom. The van der Waals surface area contributed by atoms with Gasteiger partial charge in [0.15, 0.2) is 0 Å². The Hall–Kier alpha value is -2.55. The highest BCUT2D eigenvalue weighted by Gasteiger charge is 2.11. The van der Waals surface area contributed by atoms with E-state index in [1.54, 1.807) is 19.1 Å². The van der Waals surface area contributed by atoms with Gasteiger partial charge in [-0.3, -0.25) is 20.0 Å². The molecule has 2 N–H and O–H groups in total. The van der Waals surface area contributed by atoms with Crippen LogP contribution in [0.4, 0.5) is 5.69 Å². The number of amides is 1. The van der Waals surface area contributed by atoms with E-state index in [1.165, 1.54) is 18.3 Å². The molecule has 0 saturated heterocycles. The maximum absolute atomic E-state index is 11.8. The molecule has 2 rings (SSSR count). The molecule has 0 aliphatic rings. The SMILES string of the molecule is C/C(=N/NC(=O)c1[nH]ncc1Br)c1ccc([N+](=O)[O-])cc1. The molecule has 1 aromatic heterocycles. The maximum Gasteiger partial charge on any atom is 0.290 e. The number of carbonyl (C=O) groups excluding carboxylic acids is 1. The van der Waals surface area contributed by atoms with Gasteiger partial charge in [0.05, 0.1) is 21.3 Å². The summed E-state index contributed by atoms with van der Waals surface area (Å²) in [5, 5.41) is 20.8. The van der Waals surface area contributed by atoms with Crippen molar-refractivity contribution in [3.8, 4) is 0 Å². The van der Waals surface area contributed by atoms with Crippen molar-refractivity contribution < 1.29 is 9.72 Å². The summed E-state index contributed by atoms with van der Waals surface area (Å²) in [6, 6.07) is 5.88. The van der Waals surface area contributed by atoms with E-state index in [1.807, 2.05) is 0 Å². The van der Waals surface area contributed by atoms with Crippen LogP contribution in [0.25, 0.3) is 0 Å². The molecule has 9 heteroatoms. The van der Waals surface area contributed by atoms with Gasteiger partial charge < -0.3 is 0 Å². The number of hydrazone groups is 1. The molecule has 0 spiro atoms. The minimum absolute atomic E-state index is 0.00280. The molecule has 0 aliphatic carbocycles. The molecule has 21 heavy (non-hydrogen) atoms. The Bertz CT molecular complexity index is 708. The van der Waals surface area contributed by atoms with Crippen LogP contribution < -0.4 is 5.43 Å². The van der Waals surface area contributed by atoms with Crippen LogP contribution in [0.1, 0.15) is 23.0 Å². The first-order valence-electron chi connectivity index (χ1n) is 5.77. The molecule has 0 bridgehead atoms. The summed E-state index contributed by atoms with van der Waals surface area (Å²) in [6.45, 7) is 1.68. The molecular formula is C12H10BrN5O3. The van der Waals surface area contributed by atoms with Crippen molar-refractivity contribution in [1.29, 1.82) is 0 Å². The lowest BCUT2D eigenvalue weighted by Gasteiger charge is -2.02. The summed E-state index contributed by atoms with van der Waals surface area (Å²) >= 11 is 3.17. The Morgan fingerprint density at radius 1 is 1.43 bits per heavy atom. The molecule has 0 saturated carbocycles. The zero-order valence-electron chi connectivity index (χ0n) is 10.8. The van der Waals surface area contributed by atoms with E-state index < -0.39 is 10.8 Å². The van der Waals surface area contributed by atoms with Gasteiger partial charge in [-0.2, -0.15) is 10.2 Å². The number of nitro groups is 1. The van der Waals surface area contributed by atoms with Crippen molar-refractivity contribution in [1.82, 2.24) is 15.6 Å². The standard InChI is InChI=1S/C12H10BrN5O3/c1-7(8-2-4-9(5-3-8)18(20)21)15-17-12(19)11-10(13)6-14-16-11/h2-6H,1H3,(H,14,16)(H,17,19)/b15-7-. The monoisotopic (exact) mass is 351 g/mol. The number of non-ortho nitro benzene ring substituents is 1. The number of hydrogen-bond acceptors (Lipinski definition) is 5. The van der Waals surface area contributed by atoms with E-state index >= 15 is 0 Å². The van der Waals surface area contributed by atoms with Crippen molar-refractivity contribution in [2.45, 2.75) is 6.92 Å². The third-order valence-electron chi connectivity index (χ3n) is 2.64. The fraction of sp³-hybridized carbons (Fsp3) is 0.0833. The van der Waals surface area contributed by atoms with Gasteiger partial charge >= 0.3 is 0 Å². The number of rotatable bonds is 4. The number of carbonyl (C=O) groups is 1. The summed E-state index contributed by atoms with van der Waals surface area (Å²) in [5.41, 5.74) is 3.83. The molecule has 1 heterocycles. The third-order valence-corrected chi connectivity index (χ3v) is 3.24. The molecule has 8 nitrogen and oxygen atoms in total. The van der Waals surface area contributed by atoms with Gasteiger partial charge in [-0.15, -0.1) is 0 Å². The topological polar surface area (TPSA) is 113 Å². The maximum atomic E-state index is 11.8. The first-order chi connectivity index (χ1) is 9.99. The normalized spacial score (nSPS) is 11.2. The number of nitro benzene ring substituents is 1. The van der Waals surface area contributed by atoms with Gasteiger partial charge in [0.1, 0.15) is 5.69 Å². The van der Waals surface area contributed by atoms with Crippen LogP contribution in [0.15, 0.2) is 40.0 Å². The minimum Gasteiger partial charge on any atom is -0.272 e. The number of hydrogen-bond donors (Lipinski definition) is 2. The molecule has 108 valence electrons. The lowest BCUT2D eigenvalue weighted by Crippen LogP contribution is -2.20. The number of aromatic nitrogens is 2. The highest BCUT2D eigenvalue weighted by molar-refractivity contribution is 9.10. The predicted molar refractivity (Wildman–Crippen MR) is 79.1 cm³/mol. The summed E-state index contributed by atoms with van der Waals surface area (Å²) < 4.78 is 0.531. The number of H-pyrrole nitrogens is 1. The fourth-order valence-electron chi connectivity index (χ4n) is 1.51. The van der Waals surface area contributed by atoms with E-state index in [-0.39, 0.29) is 11.4 Å². The summed E-state index contributed by atoms with van der Waals surface area (Å²) in [6.07, 6.45) is 1.46. The van der Waals surface area contributed by atoms with Crippen molar-refractivity contribution in [2.75, 3.05) is 0 Å². The highest BCUT2D eigenvalue weighted by Crippen LogP contribution is 2.13. The quantitative estimate of drug-likeness (QED) is 0.499. The molecule has 0 radical (unpaired) electrons. The number of nitrogens with one attached hydrogen (secondary N) is 2. The lowest BCUT2D eigenvalue weighted by atomic mass is 10.1. The predicted octanol–water partition coefficient (Wildman–Crippen LogP) is 2.23. The molecule has 0 aliphatic heterocycles. The van der Waals surface area contributed by atoms with E-state index in [9.17, 15) is 14.9 Å². The van der Waals surface area contributed by atoms with E-state index in [4.69, 9.17) is 0 Å². The minimum atomic E-state index is -0.478. The smallest absolute Gasteiger partial charge is 0.272 e. The van der Waals surface area contributed by atoms with Crippen molar-refractivity contribution >= 4 is 33.2 Å². The van der Waals surface area contributed by atoms with Gasteiger partial charge in [-0.05, 0) is 40.5 Å². The van der Waals surface area contributed by atoms with Crippen LogP contribution in [0, 0.1) is 10.1 Å². The molecule has 0 unspecified atom stereocenters. The second kappa shape index (κ2) is 6.27. The van der Waals surface area contributed by atoms with E-state index in [0.717, 1.165) is 0 Å². The van der Waals surface area contributed by atoms with Gasteiger partial charge in [0.2, 0.25) is 0 Å². The van der Waals surface area contributed by atoms with Gasteiger partial charge in [0, 0.05) is 12.1 Å². The lowest BCUT2D eigenvalue weighted by molar-refractivity contribution is -0.384. The van der Waals surface area contributed by atoms with Gasteiger partial charge in [-0.25, -0.2) is 5.43 Å². The van der Waals surface area contributed by atoms with Crippen LogP contribution in [0.2, 0.25) is 0 Å². The van der Waals surface area contributed by atoms with E-state index in [2.05, 4.69) is 36.7 Å². The van der Waals surface area contributed by atoms with Gasteiger partial charge in [0.25, 0.3) is 11.6 Å². The summed E-state index contributed by atoms with van der Waals surface area (Å²) in [7, 11) is 0. The Morgan fingerprint density at radius 3 is 2.62 bits per heavy atom. The van der Waals surface area contributed by atoms with Gasteiger partial charge in [-0.1, -0.05) is 0 Å². The molecule has 1 amide bonds. The second-order valence-electron chi connectivity index (χ2n) is 4.04. The summed E-state index contributed by atoms with van der Waals surface area (Å²) in [4.78, 5) is 21.9. The van der Waals surface area contributed by atoms with E-state index in [0.29, 0.717) is 15.7 Å². The fourth-order valence-corrected chi connectivity index (χ4v) is 1.88. The number of aromatic amines is 1. The Labute approximate surface area is 127 Å². The highest BCUT2D eigenvalue weighted by atomic mass is 79.9. The van der Waals surface area contributed by atoms with Crippen LogP contribution >= 0.6 is 15.9 Å². The average molecular weight is 352 g/mol. The zero-order chi connectivity index (χ0) is 15.4. The second-order valence-corrected chi connectivity index (χ2v) is 4.89. The van der Waals surface area contributed by atoms with Crippen LogP contribution in [0.3, 0.4) is 0 Å². The first-order valence-corrected chi connectivity index (χ1v) is 6.56. The molecule has 0 fully saturated rings. The third kappa shape index (κ3) is 3.51. The number of halogens is 1. The average Bonchev–Trinajstić information content (AvgIpc) is 2.90. The van der Waals surface area contributed by atoms with Crippen LogP contribution in [0.5, 0.6) is 0 Å². The molecular weight excluding hydrogens is 342 g/mol. The summed E-state index contributed by atoms with van der Waals surface area (Å²) in [5.74, 6) is -0.444. The largest absolute Gasteiger partial charge is 0.290 e. The number of benzene rings is 1. The first kappa shape index (κ1) is 14.9. The molecule has 0 atom stereocenters. The van der Waals surface area contributed by atoms with Crippen LogP contribution in [-0.2, 0) is 0 Å². The molecule has 1 aromatic carbocycles. The Balaban J connectivity index is 2.09. The van der Waals surface area contributed by atoms with Crippen molar-refractivity contribution in [3.63, 3.8) is 0 Å².